The van der Waals surface area contributed by atoms with Crippen LogP contribution in [0.5, 0.6) is 5.75 Å². The Bertz CT molecular complexity index is 564. The zero-order chi connectivity index (χ0) is 15.1. The Labute approximate surface area is 134 Å². The molecule has 0 bridgehead atoms. The summed E-state index contributed by atoms with van der Waals surface area (Å²) in [5.41, 5.74) is 1.88. The zero-order valence-electron chi connectivity index (χ0n) is 12.1. The van der Waals surface area contributed by atoms with Crippen LogP contribution in [-0.2, 0) is 0 Å². The molecule has 1 atom stereocenters. The lowest BCUT2D eigenvalue weighted by Gasteiger charge is -2.19. The lowest BCUT2D eigenvalue weighted by molar-refractivity contribution is 0.102. The summed E-state index contributed by atoms with van der Waals surface area (Å²) in [6.45, 7) is 2.15. The molecule has 0 aliphatic carbocycles. The summed E-state index contributed by atoms with van der Waals surface area (Å²) in [4.78, 5) is 11.6. The predicted molar refractivity (Wildman–Crippen MR) is 89.3 cm³/mol. The SMILES string of the molecule is CCCC(Oc1ccc(C(=O)CBr)cc1)c1ccccc1. The van der Waals surface area contributed by atoms with Gasteiger partial charge in [-0.15, -0.1) is 0 Å². The molecule has 0 fully saturated rings. The number of ketones is 1. The summed E-state index contributed by atoms with van der Waals surface area (Å²) in [5.74, 6) is 0.873. The first-order chi connectivity index (χ1) is 10.2. The molecule has 2 aromatic rings. The predicted octanol–water partition coefficient (Wildman–Crippen LogP) is 5.18. The van der Waals surface area contributed by atoms with Gasteiger partial charge in [-0.05, 0) is 36.2 Å². The smallest absolute Gasteiger partial charge is 0.173 e. The van der Waals surface area contributed by atoms with Gasteiger partial charge in [0.25, 0.3) is 0 Å². The molecule has 0 saturated carbocycles. The number of carbonyl (C=O) groups excluding carboxylic acids is 1. The van der Waals surface area contributed by atoms with E-state index in [4.69, 9.17) is 4.74 Å². The maximum absolute atomic E-state index is 11.6. The van der Waals surface area contributed by atoms with Crippen LogP contribution in [0.25, 0.3) is 0 Å². The summed E-state index contributed by atoms with van der Waals surface area (Å²) in [6, 6.07) is 17.6. The molecule has 0 N–H and O–H groups in total. The highest BCUT2D eigenvalue weighted by Crippen LogP contribution is 2.26. The van der Waals surface area contributed by atoms with Gasteiger partial charge in [-0.25, -0.2) is 0 Å². The summed E-state index contributed by atoms with van der Waals surface area (Å²) < 4.78 is 6.09. The largest absolute Gasteiger partial charge is 0.486 e. The van der Waals surface area contributed by atoms with Gasteiger partial charge in [0.15, 0.2) is 5.78 Å². The number of hydrogen-bond acceptors (Lipinski definition) is 2. The van der Waals surface area contributed by atoms with Gasteiger partial charge in [-0.3, -0.25) is 4.79 Å². The van der Waals surface area contributed by atoms with Crippen molar-refractivity contribution in [2.24, 2.45) is 0 Å². The van der Waals surface area contributed by atoms with Gasteiger partial charge in [-0.2, -0.15) is 0 Å². The third kappa shape index (κ3) is 4.43. The molecule has 0 amide bonds. The minimum atomic E-state index is 0.0499. The zero-order valence-corrected chi connectivity index (χ0v) is 13.7. The molecule has 0 aliphatic rings. The van der Waals surface area contributed by atoms with Gasteiger partial charge in [0.2, 0.25) is 0 Å². The molecular weight excluding hydrogens is 328 g/mol. The van der Waals surface area contributed by atoms with Crippen molar-refractivity contribution in [3.05, 3.63) is 65.7 Å². The van der Waals surface area contributed by atoms with E-state index in [2.05, 4.69) is 35.0 Å². The highest BCUT2D eigenvalue weighted by atomic mass is 79.9. The molecular formula is C18H19BrO2. The second-order valence-corrected chi connectivity index (χ2v) is 5.45. The van der Waals surface area contributed by atoms with E-state index in [1.807, 2.05) is 42.5 Å². The lowest BCUT2D eigenvalue weighted by atomic mass is 10.1. The summed E-state index contributed by atoms with van der Waals surface area (Å²) >= 11 is 3.18. The van der Waals surface area contributed by atoms with E-state index in [1.54, 1.807) is 0 Å². The number of hydrogen-bond donors (Lipinski definition) is 0. The molecule has 2 aromatic carbocycles. The Morgan fingerprint density at radius 3 is 2.33 bits per heavy atom. The van der Waals surface area contributed by atoms with Crippen molar-refractivity contribution in [1.82, 2.24) is 0 Å². The van der Waals surface area contributed by atoms with Gasteiger partial charge < -0.3 is 4.74 Å². The highest BCUT2D eigenvalue weighted by molar-refractivity contribution is 9.09. The average molecular weight is 347 g/mol. The average Bonchev–Trinajstić information content (AvgIpc) is 2.55. The maximum Gasteiger partial charge on any atom is 0.173 e. The molecule has 0 radical (unpaired) electrons. The van der Waals surface area contributed by atoms with Crippen LogP contribution in [-0.4, -0.2) is 11.1 Å². The van der Waals surface area contributed by atoms with E-state index in [0.29, 0.717) is 10.9 Å². The Morgan fingerprint density at radius 2 is 1.76 bits per heavy atom. The minimum absolute atomic E-state index is 0.0499. The van der Waals surface area contributed by atoms with E-state index in [9.17, 15) is 4.79 Å². The molecule has 0 heterocycles. The van der Waals surface area contributed by atoms with Crippen LogP contribution in [0.1, 0.15) is 41.8 Å². The Balaban J connectivity index is 2.12. The van der Waals surface area contributed by atoms with Crippen molar-refractivity contribution in [2.45, 2.75) is 25.9 Å². The molecule has 110 valence electrons. The van der Waals surface area contributed by atoms with Crippen LogP contribution < -0.4 is 4.74 Å². The topological polar surface area (TPSA) is 26.3 Å². The minimum Gasteiger partial charge on any atom is -0.486 e. The van der Waals surface area contributed by atoms with E-state index < -0.39 is 0 Å². The number of Topliss-reactive ketones (excluding diaryl/α,β-unsaturated/α-hetero) is 1. The first kappa shape index (κ1) is 15.8. The van der Waals surface area contributed by atoms with E-state index in [0.717, 1.165) is 18.6 Å². The number of benzene rings is 2. The highest BCUT2D eigenvalue weighted by Gasteiger charge is 2.12. The van der Waals surface area contributed by atoms with Gasteiger partial charge in [0, 0.05) is 5.56 Å². The van der Waals surface area contributed by atoms with Gasteiger partial charge >= 0.3 is 0 Å². The normalized spacial score (nSPS) is 11.9. The molecule has 3 heteroatoms. The van der Waals surface area contributed by atoms with Crippen LogP contribution >= 0.6 is 15.9 Å². The van der Waals surface area contributed by atoms with Crippen LogP contribution in [0, 0.1) is 0 Å². The quantitative estimate of drug-likeness (QED) is 0.509. The summed E-state index contributed by atoms with van der Waals surface area (Å²) in [7, 11) is 0. The summed E-state index contributed by atoms with van der Waals surface area (Å²) in [6.07, 6.45) is 2.07. The fraction of sp³-hybridized carbons (Fsp3) is 0.278. The summed E-state index contributed by atoms with van der Waals surface area (Å²) in [5, 5.41) is 0.343. The van der Waals surface area contributed by atoms with Crippen LogP contribution in [0.15, 0.2) is 54.6 Å². The second-order valence-electron chi connectivity index (χ2n) is 4.89. The van der Waals surface area contributed by atoms with Crippen molar-refractivity contribution in [3.8, 4) is 5.75 Å². The maximum atomic E-state index is 11.6. The third-order valence-electron chi connectivity index (χ3n) is 3.30. The third-order valence-corrected chi connectivity index (χ3v) is 3.81. The molecule has 0 aromatic heterocycles. The molecule has 1 unspecified atom stereocenters. The lowest BCUT2D eigenvalue weighted by Crippen LogP contribution is -2.07. The number of ether oxygens (including phenoxy) is 1. The van der Waals surface area contributed by atoms with Crippen molar-refractivity contribution >= 4 is 21.7 Å². The molecule has 2 rings (SSSR count). The number of rotatable bonds is 7. The fourth-order valence-electron chi connectivity index (χ4n) is 2.18. The Morgan fingerprint density at radius 1 is 1.10 bits per heavy atom. The Hall–Kier alpha value is -1.61. The standard InChI is InChI=1S/C18H19BrO2/c1-2-6-18(15-7-4-3-5-8-15)21-16-11-9-14(10-12-16)17(20)13-19/h3-5,7-12,18H,2,6,13H2,1H3. The number of carbonyl (C=O) groups is 1. The number of halogens is 1. The molecule has 0 spiro atoms. The molecule has 0 saturated heterocycles. The molecule has 0 aliphatic heterocycles. The molecule has 21 heavy (non-hydrogen) atoms. The fourth-order valence-corrected chi connectivity index (χ4v) is 2.51. The van der Waals surface area contributed by atoms with Gasteiger partial charge in [0.1, 0.15) is 11.9 Å². The van der Waals surface area contributed by atoms with Crippen LogP contribution in [0.3, 0.4) is 0 Å². The Kier molecular flexibility index (Phi) is 6.00. The number of alkyl halides is 1. The second kappa shape index (κ2) is 7.99. The first-order valence-corrected chi connectivity index (χ1v) is 8.27. The monoisotopic (exact) mass is 346 g/mol. The van der Waals surface area contributed by atoms with Crippen molar-refractivity contribution in [1.29, 1.82) is 0 Å². The van der Waals surface area contributed by atoms with Gasteiger partial charge in [-0.1, -0.05) is 59.6 Å². The van der Waals surface area contributed by atoms with E-state index in [1.165, 1.54) is 5.56 Å². The van der Waals surface area contributed by atoms with Crippen molar-refractivity contribution in [2.75, 3.05) is 5.33 Å². The van der Waals surface area contributed by atoms with Crippen molar-refractivity contribution in [3.63, 3.8) is 0 Å². The van der Waals surface area contributed by atoms with Gasteiger partial charge in [0.05, 0.1) is 5.33 Å². The van der Waals surface area contributed by atoms with Crippen LogP contribution in [0.2, 0.25) is 0 Å². The van der Waals surface area contributed by atoms with Crippen molar-refractivity contribution < 1.29 is 9.53 Å². The van der Waals surface area contributed by atoms with E-state index in [-0.39, 0.29) is 11.9 Å². The van der Waals surface area contributed by atoms with E-state index >= 15 is 0 Å². The molecule has 2 nitrogen and oxygen atoms in total. The first-order valence-electron chi connectivity index (χ1n) is 7.15. The van der Waals surface area contributed by atoms with Crippen LogP contribution in [0.4, 0.5) is 0 Å².